The highest BCUT2D eigenvalue weighted by Crippen LogP contribution is 2.37. The number of nitrogens with zero attached hydrogens (tertiary/aromatic N) is 2. The third kappa shape index (κ3) is 5.50. The molecule has 0 atom stereocenters. The van der Waals surface area contributed by atoms with Crippen molar-refractivity contribution < 1.29 is 4.74 Å². The second-order valence-corrected chi connectivity index (χ2v) is 9.34. The number of hydrogen-bond donors (Lipinski definition) is 2. The Morgan fingerprint density at radius 2 is 1.70 bits per heavy atom. The van der Waals surface area contributed by atoms with Crippen molar-refractivity contribution in [3.8, 4) is 11.3 Å². The molecule has 8 heteroatoms. The second-order valence-electron chi connectivity index (χ2n) is 8.11. The Morgan fingerprint density at radius 1 is 0.933 bits per heavy atom. The second kappa shape index (κ2) is 10.4. The molecular weight excluding hydrogens is 443 g/mol. The minimum Gasteiger partial charge on any atom is -0.381 e. The lowest BCUT2D eigenvalue weighted by atomic mass is 9.95. The number of pyridine rings is 2. The van der Waals surface area contributed by atoms with E-state index in [9.17, 15) is 0 Å². The highest BCUT2D eigenvalue weighted by Gasteiger charge is 2.19. The van der Waals surface area contributed by atoms with Crippen molar-refractivity contribution in [2.45, 2.75) is 51.0 Å². The van der Waals surface area contributed by atoms with Crippen molar-refractivity contribution in [2.75, 3.05) is 30.4 Å². The Kier molecular flexibility index (Phi) is 7.58. The monoisotopic (exact) mass is 468 g/mol. The summed E-state index contributed by atoms with van der Waals surface area (Å²) in [6.07, 6.45) is 9.89. The zero-order valence-electron chi connectivity index (χ0n) is 16.9. The van der Waals surface area contributed by atoms with Gasteiger partial charge in [-0.3, -0.25) is 0 Å². The van der Waals surface area contributed by atoms with Crippen molar-refractivity contribution in [3.05, 3.63) is 33.4 Å². The van der Waals surface area contributed by atoms with Crippen LogP contribution in [0.3, 0.4) is 0 Å². The fourth-order valence-electron chi connectivity index (χ4n) is 4.13. The molecule has 1 aliphatic heterocycles. The quantitative estimate of drug-likeness (QED) is 0.493. The largest absolute Gasteiger partial charge is 0.381 e. The topological polar surface area (TPSA) is 59.1 Å². The van der Waals surface area contributed by atoms with Gasteiger partial charge in [-0.25, -0.2) is 9.97 Å². The highest BCUT2D eigenvalue weighted by molar-refractivity contribution is 6.38. The summed E-state index contributed by atoms with van der Waals surface area (Å²) in [5.41, 5.74) is 1.36. The molecule has 0 bridgehead atoms. The van der Waals surface area contributed by atoms with E-state index in [0.717, 1.165) is 44.0 Å². The molecule has 0 spiro atoms. The maximum atomic E-state index is 6.51. The minimum absolute atomic E-state index is 0.450. The van der Waals surface area contributed by atoms with E-state index in [4.69, 9.17) is 44.5 Å². The van der Waals surface area contributed by atoms with Crippen molar-refractivity contribution in [1.82, 2.24) is 9.97 Å². The van der Waals surface area contributed by atoms with E-state index in [1.165, 1.54) is 32.1 Å². The third-order valence-electron chi connectivity index (χ3n) is 5.90. The van der Waals surface area contributed by atoms with E-state index in [1.807, 2.05) is 6.07 Å². The van der Waals surface area contributed by atoms with E-state index in [2.05, 4.69) is 15.6 Å². The van der Waals surface area contributed by atoms with E-state index >= 15 is 0 Å². The molecule has 1 saturated carbocycles. The molecule has 0 aromatic carbocycles. The lowest BCUT2D eigenvalue weighted by Crippen LogP contribution is -2.23. The van der Waals surface area contributed by atoms with Crippen LogP contribution in [-0.4, -0.2) is 35.8 Å². The molecule has 1 saturated heterocycles. The van der Waals surface area contributed by atoms with Crippen LogP contribution in [0.1, 0.15) is 44.9 Å². The summed E-state index contributed by atoms with van der Waals surface area (Å²) in [4.78, 5) is 9.19. The molecule has 3 heterocycles. The van der Waals surface area contributed by atoms with Crippen molar-refractivity contribution >= 4 is 46.4 Å². The van der Waals surface area contributed by atoms with Gasteiger partial charge < -0.3 is 15.4 Å². The number of halogens is 3. The van der Waals surface area contributed by atoms with Crippen LogP contribution >= 0.6 is 34.8 Å². The molecule has 0 unspecified atom stereocenters. The molecule has 4 rings (SSSR count). The number of aromatic nitrogens is 2. The van der Waals surface area contributed by atoms with Gasteiger partial charge in [-0.15, -0.1) is 0 Å². The van der Waals surface area contributed by atoms with Gasteiger partial charge in [0.2, 0.25) is 0 Å². The van der Waals surface area contributed by atoms with Crippen molar-refractivity contribution in [2.24, 2.45) is 5.92 Å². The van der Waals surface area contributed by atoms with Crippen LogP contribution in [0.4, 0.5) is 11.6 Å². The normalized spacial score (nSPS) is 18.4. The van der Waals surface area contributed by atoms with Gasteiger partial charge in [-0.05, 0) is 43.7 Å². The Hall–Kier alpha value is -1.27. The Morgan fingerprint density at radius 3 is 2.47 bits per heavy atom. The van der Waals surface area contributed by atoms with Crippen LogP contribution in [0.5, 0.6) is 0 Å². The van der Waals surface area contributed by atoms with E-state index in [-0.39, 0.29) is 0 Å². The van der Waals surface area contributed by atoms with Gasteiger partial charge in [0.15, 0.2) is 0 Å². The standard InChI is InChI=1S/C22H27Cl3N4O/c23-17-11-18(24)22(27-12-14-6-8-30-9-7-14)29-21(17)16-10-20(26-13-19(16)25)28-15-4-2-1-3-5-15/h10-11,13-15H,1-9,12H2,(H,26,28)(H,27,29). The fourth-order valence-corrected chi connectivity index (χ4v) is 4.85. The Labute approximate surface area is 192 Å². The number of anilines is 2. The van der Waals surface area contributed by atoms with Crippen LogP contribution in [0.15, 0.2) is 18.3 Å². The lowest BCUT2D eigenvalue weighted by Gasteiger charge is -2.24. The molecule has 5 nitrogen and oxygen atoms in total. The van der Waals surface area contributed by atoms with Gasteiger partial charge in [0.25, 0.3) is 0 Å². The molecule has 0 radical (unpaired) electrons. The molecular formula is C22H27Cl3N4O. The minimum atomic E-state index is 0.450. The summed E-state index contributed by atoms with van der Waals surface area (Å²) in [5.74, 6) is 1.97. The van der Waals surface area contributed by atoms with Gasteiger partial charge in [-0.2, -0.15) is 0 Å². The van der Waals surface area contributed by atoms with E-state index in [1.54, 1.807) is 12.3 Å². The first-order valence-corrected chi connectivity index (χ1v) is 11.8. The lowest BCUT2D eigenvalue weighted by molar-refractivity contribution is 0.0699. The van der Waals surface area contributed by atoms with Gasteiger partial charge >= 0.3 is 0 Å². The number of hydrogen-bond acceptors (Lipinski definition) is 5. The van der Waals surface area contributed by atoms with Crippen LogP contribution in [0.2, 0.25) is 15.1 Å². The summed E-state index contributed by atoms with van der Waals surface area (Å²) >= 11 is 19.4. The summed E-state index contributed by atoms with van der Waals surface area (Å²) < 4.78 is 5.43. The molecule has 30 heavy (non-hydrogen) atoms. The maximum Gasteiger partial charge on any atom is 0.145 e. The van der Waals surface area contributed by atoms with E-state index < -0.39 is 0 Å². The zero-order valence-corrected chi connectivity index (χ0v) is 19.2. The summed E-state index contributed by atoms with van der Waals surface area (Å²) in [7, 11) is 0. The molecule has 2 aliphatic rings. The van der Waals surface area contributed by atoms with Crippen molar-refractivity contribution in [1.29, 1.82) is 0 Å². The Bertz CT molecular complexity index is 868. The molecule has 162 valence electrons. The maximum absolute atomic E-state index is 6.51. The summed E-state index contributed by atoms with van der Waals surface area (Å²) in [6.45, 7) is 2.42. The van der Waals surface area contributed by atoms with Crippen LogP contribution < -0.4 is 10.6 Å². The van der Waals surface area contributed by atoms with E-state index in [0.29, 0.717) is 38.5 Å². The van der Waals surface area contributed by atoms with Crippen LogP contribution in [0, 0.1) is 5.92 Å². The average Bonchev–Trinajstić information content (AvgIpc) is 2.76. The first-order chi connectivity index (χ1) is 14.6. The summed E-state index contributed by atoms with van der Waals surface area (Å²) in [6, 6.07) is 4.11. The number of ether oxygens (including phenoxy) is 1. The predicted molar refractivity (Wildman–Crippen MR) is 125 cm³/mol. The van der Waals surface area contributed by atoms with Crippen LogP contribution in [-0.2, 0) is 4.74 Å². The summed E-state index contributed by atoms with van der Waals surface area (Å²) in [5, 5.41) is 8.40. The smallest absolute Gasteiger partial charge is 0.145 e. The molecule has 2 N–H and O–H groups in total. The van der Waals surface area contributed by atoms with Gasteiger partial charge in [0, 0.05) is 37.6 Å². The third-order valence-corrected chi connectivity index (χ3v) is 6.77. The van der Waals surface area contributed by atoms with Gasteiger partial charge in [-0.1, -0.05) is 54.1 Å². The number of nitrogens with one attached hydrogen (secondary N) is 2. The van der Waals surface area contributed by atoms with Gasteiger partial charge in [0.1, 0.15) is 11.6 Å². The predicted octanol–water partition coefficient (Wildman–Crippen LogP) is 6.69. The number of rotatable bonds is 6. The average molecular weight is 470 g/mol. The first kappa shape index (κ1) is 21.9. The van der Waals surface area contributed by atoms with Crippen molar-refractivity contribution in [3.63, 3.8) is 0 Å². The van der Waals surface area contributed by atoms with Crippen LogP contribution in [0.25, 0.3) is 11.3 Å². The van der Waals surface area contributed by atoms with Gasteiger partial charge in [0.05, 0.1) is 20.8 Å². The fraction of sp³-hybridized carbons (Fsp3) is 0.545. The zero-order chi connectivity index (χ0) is 20.9. The molecule has 2 fully saturated rings. The first-order valence-electron chi connectivity index (χ1n) is 10.7. The SMILES string of the molecule is Clc1cnc(NC2CCCCC2)cc1-c1nc(NCC2CCOCC2)c(Cl)cc1Cl. The molecule has 2 aromatic heterocycles. The highest BCUT2D eigenvalue weighted by atomic mass is 35.5. The molecule has 2 aromatic rings. The molecule has 0 amide bonds. The Balaban J connectivity index is 1.55. The molecule has 1 aliphatic carbocycles.